The van der Waals surface area contributed by atoms with Gasteiger partial charge in [-0.2, -0.15) is 0 Å². The van der Waals surface area contributed by atoms with Gasteiger partial charge < -0.3 is 10.8 Å². The molecule has 0 aliphatic heterocycles. The summed E-state index contributed by atoms with van der Waals surface area (Å²) in [5.41, 5.74) is 2.26. The minimum absolute atomic E-state index is 0.148. The second-order valence-electron chi connectivity index (χ2n) is 4.29. The van der Waals surface area contributed by atoms with Crippen LogP contribution in [0, 0.1) is 5.82 Å². The number of hydrogen-bond donors (Lipinski definition) is 2. The van der Waals surface area contributed by atoms with Crippen LogP contribution in [-0.4, -0.2) is 16.6 Å². The maximum atomic E-state index is 14.2. The molecule has 0 spiro atoms. The molecule has 0 heterocycles. The number of nitrogens with two attached hydrogens (primary N) is 1. The summed E-state index contributed by atoms with van der Waals surface area (Å²) in [6.45, 7) is 0. The van der Waals surface area contributed by atoms with Gasteiger partial charge >= 0.3 is 5.97 Å². The first-order valence-corrected chi connectivity index (χ1v) is 4.83. The number of carbonyl (C=O) groups is 1. The SMILES string of the molecule is NC1(C(=O)O)CC(F)(c2cccc(F)c2)C1. The van der Waals surface area contributed by atoms with Crippen LogP contribution in [0.4, 0.5) is 8.78 Å². The summed E-state index contributed by atoms with van der Waals surface area (Å²) in [5.74, 6) is -1.77. The van der Waals surface area contributed by atoms with Gasteiger partial charge in [0.25, 0.3) is 0 Å². The standard InChI is InChI=1S/C11H11F2NO2/c12-8-3-1-2-7(4-8)10(13)5-11(14,6-10)9(15)16/h1-4H,5-6,14H2,(H,15,16). The van der Waals surface area contributed by atoms with Crippen LogP contribution in [0.5, 0.6) is 0 Å². The molecule has 5 heteroatoms. The van der Waals surface area contributed by atoms with E-state index in [9.17, 15) is 13.6 Å². The number of benzene rings is 1. The predicted octanol–water partition coefficient (Wildman–Crippen LogP) is 1.57. The summed E-state index contributed by atoms with van der Waals surface area (Å²) in [6.07, 6.45) is -0.641. The van der Waals surface area contributed by atoms with Crippen molar-refractivity contribution in [3.05, 3.63) is 35.6 Å². The van der Waals surface area contributed by atoms with Gasteiger partial charge in [-0.3, -0.25) is 4.79 Å². The van der Waals surface area contributed by atoms with E-state index < -0.39 is 23.0 Å². The molecular weight excluding hydrogens is 216 g/mol. The van der Waals surface area contributed by atoms with Crippen molar-refractivity contribution in [3.8, 4) is 0 Å². The molecule has 1 aromatic carbocycles. The number of alkyl halides is 1. The smallest absolute Gasteiger partial charge is 0.323 e. The Morgan fingerprint density at radius 2 is 2.06 bits per heavy atom. The largest absolute Gasteiger partial charge is 0.480 e. The Kier molecular flexibility index (Phi) is 2.24. The molecule has 0 radical (unpaired) electrons. The summed E-state index contributed by atoms with van der Waals surface area (Å²) in [5, 5.41) is 8.76. The molecule has 0 amide bonds. The normalized spacial score (nSPS) is 33.2. The van der Waals surface area contributed by atoms with Crippen LogP contribution in [0.3, 0.4) is 0 Å². The number of rotatable bonds is 2. The van der Waals surface area contributed by atoms with E-state index in [4.69, 9.17) is 10.8 Å². The third kappa shape index (κ3) is 1.57. The molecule has 2 rings (SSSR count). The highest BCUT2D eigenvalue weighted by Crippen LogP contribution is 2.50. The van der Waals surface area contributed by atoms with E-state index in [0.29, 0.717) is 0 Å². The first-order chi connectivity index (χ1) is 7.36. The lowest BCUT2D eigenvalue weighted by molar-refractivity contribution is -0.155. The van der Waals surface area contributed by atoms with Gasteiger partial charge in [0.1, 0.15) is 17.0 Å². The molecule has 0 unspecified atom stereocenters. The Balaban J connectivity index is 2.22. The van der Waals surface area contributed by atoms with Crippen molar-refractivity contribution < 1.29 is 18.7 Å². The molecule has 1 fully saturated rings. The fraction of sp³-hybridized carbons (Fsp3) is 0.364. The van der Waals surface area contributed by atoms with Gasteiger partial charge in [0.2, 0.25) is 0 Å². The molecule has 0 bridgehead atoms. The van der Waals surface area contributed by atoms with Gasteiger partial charge in [-0.1, -0.05) is 12.1 Å². The molecule has 1 aliphatic carbocycles. The zero-order valence-corrected chi connectivity index (χ0v) is 8.41. The number of carboxylic acids is 1. The van der Waals surface area contributed by atoms with Crippen molar-refractivity contribution in [1.82, 2.24) is 0 Å². The molecular formula is C11H11F2NO2. The number of halogens is 2. The highest BCUT2D eigenvalue weighted by atomic mass is 19.1. The zero-order valence-electron chi connectivity index (χ0n) is 8.41. The Labute approximate surface area is 90.9 Å². The monoisotopic (exact) mass is 227 g/mol. The lowest BCUT2D eigenvalue weighted by atomic mass is 9.64. The van der Waals surface area contributed by atoms with E-state index in [1.807, 2.05) is 0 Å². The van der Waals surface area contributed by atoms with Crippen molar-refractivity contribution in [1.29, 1.82) is 0 Å². The first-order valence-electron chi connectivity index (χ1n) is 4.83. The predicted molar refractivity (Wildman–Crippen MR) is 53.0 cm³/mol. The first kappa shape index (κ1) is 11.0. The molecule has 1 saturated carbocycles. The Morgan fingerprint density at radius 3 is 2.56 bits per heavy atom. The van der Waals surface area contributed by atoms with Gasteiger partial charge in [-0.25, -0.2) is 8.78 Å². The number of hydrogen-bond acceptors (Lipinski definition) is 2. The second kappa shape index (κ2) is 3.25. The summed E-state index contributed by atoms with van der Waals surface area (Å²) < 4.78 is 27.1. The van der Waals surface area contributed by atoms with Crippen LogP contribution in [0.25, 0.3) is 0 Å². The topological polar surface area (TPSA) is 63.3 Å². The molecule has 3 nitrogen and oxygen atoms in total. The van der Waals surface area contributed by atoms with E-state index in [1.54, 1.807) is 0 Å². The molecule has 1 aromatic rings. The number of aliphatic carboxylic acids is 1. The molecule has 0 atom stereocenters. The highest BCUT2D eigenvalue weighted by molar-refractivity contribution is 5.80. The average molecular weight is 227 g/mol. The van der Waals surface area contributed by atoms with Gasteiger partial charge in [0.15, 0.2) is 0 Å². The van der Waals surface area contributed by atoms with Crippen LogP contribution in [0.15, 0.2) is 24.3 Å². The van der Waals surface area contributed by atoms with Crippen LogP contribution in [0.1, 0.15) is 18.4 Å². The lowest BCUT2D eigenvalue weighted by Gasteiger charge is -2.46. The van der Waals surface area contributed by atoms with Crippen LogP contribution < -0.4 is 5.73 Å². The summed E-state index contributed by atoms with van der Waals surface area (Å²) in [4.78, 5) is 10.7. The van der Waals surface area contributed by atoms with E-state index in [0.717, 1.165) is 6.07 Å². The fourth-order valence-electron chi connectivity index (χ4n) is 2.07. The van der Waals surface area contributed by atoms with Crippen LogP contribution >= 0.6 is 0 Å². The Hall–Kier alpha value is -1.49. The maximum Gasteiger partial charge on any atom is 0.323 e. The Bertz CT molecular complexity index is 441. The second-order valence-corrected chi connectivity index (χ2v) is 4.29. The van der Waals surface area contributed by atoms with Crippen molar-refractivity contribution in [2.24, 2.45) is 5.73 Å². The maximum absolute atomic E-state index is 14.2. The number of carboxylic acid groups (broad SMARTS) is 1. The lowest BCUT2D eigenvalue weighted by Crippen LogP contribution is -2.63. The van der Waals surface area contributed by atoms with Crippen LogP contribution in [0.2, 0.25) is 0 Å². The third-order valence-corrected chi connectivity index (χ3v) is 2.96. The zero-order chi connectivity index (χ0) is 12.0. The summed E-state index contributed by atoms with van der Waals surface area (Å²) in [6, 6.07) is 5.10. The van der Waals surface area contributed by atoms with E-state index in [2.05, 4.69) is 0 Å². The van der Waals surface area contributed by atoms with Gasteiger partial charge in [-0.05, 0) is 17.7 Å². The van der Waals surface area contributed by atoms with Crippen molar-refractivity contribution in [2.45, 2.75) is 24.0 Å². The minimum atomic E-state index is -1.82. The minimum Gasteiger partial charge on any atom is -0.480 e. The average Bonchev–Trinajstić information content (AvgIpc) is 2.15. The van der Waals surface area contributed by atoms with Crippen LogP contribution in [-0.2, 0) is 10.5 Å². The van der Waals surface area contributed by atoms with E-state index >= 15 is 0 Å². The van der Waals surface area contributed by atoms with Crippen molar-refractivity contribution in [2.75, 3.05) is 0 Å². The van der Waals surface area contributed by atoms with Crippen molar-refractivity contribution >= 4 is 5.97 Å². The molecule has 0 aromatic heterocycles. The molecule has 16 heavy (non-hydrogen) atoms. The molecule has 3 N–H and O–H groups in total. The quantitative estimate of drug-likeness (QED) is 0.806. The van der Waals surface area contributed by atoms with Crippen molar-refractivity contribution in [3.63, 3.8) is 0 Å². The molecule has 1 aliphatic rings. The van der Waals surface area contributed by atoms with Gasteiger partial charge in [0, 0.05) is 12.8 Å². The molecule has 86 valence electrons. The van der Waals surface area contributed by atoms with Gasteiger partial charge in [0.05, 0.1) is 0 Å². The summed E-state index contributed by atoms with van der Waals surface area (Å²) >= 11 is 0. The van der Waals surface area contributed by atoms with Gasteiger partial charge in [-0.15, -0.1) is 0 Å². The molecule has 0 saturated heterocycles. The third-order valence-electron chi connectivity index (χ3n) is 2.96. The Morgan fingerprint density at radius 1 is 1.44 bits per heavy atom. The highest BCUT2D eigenvalue weighted by Gasteiger charge is 2.58. The fourth-order valence-corrected chi connectivity index (χ4v) is 2.07. The van der Waals surface area contributed by atoms with E-state index in [-0.39, 0.29) is 18.4 Å². The van der Waals surface area contributed by atoms with E-state index in [1.165, 1.54) is 18.2 Å². The summed E-state index contributed by atoms with van der Waals surface area (Å²) in [7, 11) is 0.